The number of nitrogens with zero attached hydrogens (tertiary/aromatic N) is 3. The lowest BCUT2D eigenvalue weighted by atomic mass is 9.95. The van der Waals surface area contributed by atoms with Gasteiger partial charge in [-0.15, -0.1) is 0 Å². The van der Waals surface area contributed by atoms with Crippen molar-refractivity contribution in [1.29, 1.82) is 0 Å². The summed E-state index contributed by atoms with van der Waals surface area (Å²) < 4.78 is 11.3. The maximum atomic E-state index is 11.1. The molecule has 3 N–H and O–H groups in total. The number of carbonyl (C=O) groups is 1. The van der Waals surface area contributed by atoms with Crippen molar-refractivity contribution >= 4 is 29.2 Å². The van der Waals surface area contributed by atoms with Crippen LogP contribution in [0.15, 0.2) is 54.7 Å². The van der Waals surface area contributed by atoms with Gasteiger partial charge in [0.05, 0.1) is 48.8 Å². The zero-order valence-electron chi connectivity index (χ0n) is 24.3. The predicted octanol–water partition coefficient (Wildman–Crippen LogP) is 5.12. The largest absolute Gasteiger partial charge is 0.496 e. The first-order valence-electron chi connectivity index (χ1n) is 14.3. The Bertz CT molecular complexity index is 1730. The molecule has 4 aromatic rings. The molecular formula is C33H32Cl2N4O5. The van der Waals surface area contributed by atoms with Gasteiger partial charge in [0.2, 0.25) is 5.88 Å². The van der Waals surface area contributed by atoms with E-state index in [1.807, 2.05) is 42.5 Å². The van der Waals surface area contributed by atoms with E-state index in [2.05, 4.69) is 21.3 Å². The third kappa shape index (κ3) is 5.98. The summed E-state index contributed by atoms with van der Waals surface area (Å²) in [5, 5.41) is 22.8. The Morgan fingerprint density at radius 3 is 2.34 bits per heavy atom. The number of benzene rings is 3. The number of aliphatic carboxylic acids is 1. The minimum atomic E-state index is -0.883. The molecule has 6 rings (SSSR count). The molecule has 0 amide bonds. The first-order valence-corrected chi connectivity index (χ1v) is 15.0. The Morgan fingerprint density at radius 2 is 1.68 bits per heavy atom. The topological polar surface area (TPSA) is 117 Å². The van der Waals surface area contributed by atoms with Crippen LogP contribution >= 0.6 is 23.2 Å². The molecule has 0 unspecified atom stereocenters. The molecule has 228 valence electrons. The molecule has 2 aliphatic rings. The van der Waals surface area contributed by atoms with E-state index >= 15 is 0 Å². The van der Waals surface area contributed by atoms with Gasteiger partial charge in [-0.3, -0.25) is 14.7 Å². The second-order valence-electron chi connectivity index (χ2n) is 11.1. The number of carboxylic acid groups (broad SMARTS) is 1. The molecule has 1 aromatic heterocycles. The van der Waals surface area contributed by atoms with Crippen molar-refractivity contribution in [1.82, 2.24) is 20.2 Å². The van der Waals surface area contributed by atoms with Crippen molar-refractivity contribution in [2.45, 2.75) is 31.5 Å². The Labute approximate surface area is 265 Å². The van der Waals surface area contributed by atoms with Crippen LogP contribution in [-0.2, 0) is 24.2 Å². The minimum absolute atomic E-state index is 0.0213. The zero-order chi connectivity index (χ0) is 31.0. The van der Waals surface area contributed by atoms with Crippen molar-refractivity contribution in [3.8, 4) is 45.1 Å². The third-order valence-corrected chi connectivity index (χ3v) is 8.99. The number of aliphatic hydroxyl groups excluding tert-OH is 1. The molecule has 44 heavy (non-hydrogen) atoms. The fraction of sp³-hybridized carbons (Fsp3) is 0.303. The summed E-state index contributed by atoms with van der Waals surface area (Å²) in [5.41, 5.74) is 7.39. The summed E-state index contributed by atoms with van der Waals surface area (Å²) in [6.45, 7) is 1.65. The number of β-amino-alcohol motifs (C(OH)–C–C–N with tert-alkyl or cyclic N) is 1. The lowest BCUT2D eigenvalue weighted by molar-refractivity contribution is -0.136. The second kappa shape index (κ2) is 12.7. The first-order chi connectivity index (χ1) is 21.2. The van der Waals surface area contributed by atoms with Crippen LogP contribution in [-0.4, -0.2) is 77.0 Å². The van der Waals surface area contributed by atoms with Crippen LogP contribution in [0.2, 0.25) is 10.0 Å². The number of hydrogen-bond donors (Lipinski definition) is 3. The van der Waals surface area contributed by atoms with Crippen molar-refractivity contribution < 1.29 is 24.5 Å². The van der Waals surface area contributed by atoms with Gasteiger partial charge in [-0.25, -0.2) is 4.98 Å². The summed E-state index contributed by atoms with van der Waals surface area (Å²) in [6, 6.07) is 15.7. The van der Waals surface area contributed by atoms with Crippen molar-refractivity contribution in [3.05, 3.63) is 81.6 Å². The lowest BCUT2D eigenvalue weighted by Gasteiger charge is -2.35. The van der Waals surface area contributed by atoms with Gasteiger partial charge < -0.3 is 25.0 Å². The van der Waals surface area contributed by atoms with Crippen LogP contribution < -0.4 is 14.8 Å². The third-order valence-electron chi connectivity index (χ3n) is 8.17. The number of halogens is 2. The zero-order valence-corrected chi connectivity index (χ0v) is 25.8. The quantitative estimate of drug-likeness (QED) is 0.218. The van der Waals surface area contributed by atoms with E-state index in [9.17, 15) is 9.90 Å². The van der Waals surface area contributed by atoms with Crippen LogP contribution in [0.1, 0.15) is 16.8 Å². The predicted molar refractivity (Wildman–Crippen MR) is 170 cm³/mol. The highest BCUT2D eigenvalue weighted by atomic mass is 35.5. The van der Waals surface area contributed by atoms with E-state index in [1.165, 1.54) is 0 Å². The molecule has 9 nitrogen and oxygen atoms in total. The first kappa shape index (κ1) is 30.3. The smallest absolute Gasteiger partial charge is 0.317 e. The number of fused-ring (bicyclic) bond motifs is 1. The minimum Gasteiger partial charge on any atom is -0.496 e. The number of aliphatic hydroxyl groups is 1. The van der Waals surface area contributed by atoms with E-state index in [1.54, 1.807) is 20.4 Å². The van der Waals surface area contributed by atoms with Crippen LogP contribution in [0.3, 0.4) is 0 Å². The molecule has 0 spiro atoms. The molecule has 3 aromatic carbocycles. The molecule has 1 fully saturated rings. The van der Waals surface area contributed by atoms with E-state index < -0.39 is 5.97 Å². The summed E-state index contributed by atoms with van der Waals surface area (Å²) in [4.78, 5) is 22.5. The van der Waals surface area contributed by atoms with Gasteiger partial charge >= 0.3 is 5.97 Å². The molecule has 0 saturated carbocycles. The maximum absolute atomic E-state index is 11.1. The molecule has 1 aliphatic carbocycles. The van der Waals surface area contributed by atoms with Crippen LogP contribution in [0.5, 0.6) is 11.6 Å². The number of hydrogen-bond acceptors (Lipinski definition) is 8. The van der Waals surface area contributed by atoms with Gasteiger partial charge in [0.15, 0.2) is 0 Å². The van der Waals surface area contributed by atoms with Gasteiger partial charge in [-0.2, -0.15) is 0 Å². The fourth-order valence-corrected chi connectivity index (χ4v) is 6.66. The molecule has 0 bridgehead atoms. The number of nitrogens with one attached hydrogen (secondary N) is 1. The van der Waals surface area contributed by atoms with Gasteiger partial charge in [0.25, 0.3) is 0 Å². The SMILES string of the molecule is COc1cc(-c2cccc(-c3cccc(-c4cnc(CN5CC(O)C5)c(OC)n4)c3Cl)c2Cl)cc2c1C[C@@H](NCC(=O)O)C2. The summed E-state index contributed by atoms with van der Waals surface area (Å²) in [5.74, 6) is 0.281. The average molecular weight is 636 g/mol. The second-order valence-corrected chi connectivity index (χ2v) is 11.8. The van der Waals surface area contributed by atoms with Gasteiger partial charge in [0, 0.05) is 47.9 Å². The molecule has 1 saturated heterocycles. The highest BCUT2D eigenvalue weighted by Gasteiger charge is 2.28. The van der Waals surface area contributed by atoms with E-state index in [-0.39, 0.29) is 18.7 Å². The molecule has 1 atom stereocenters. The number of aromatic nitrogens is 2. The van der Waals surface area contributed by atoms with E-state index in [0.29, 0.717) is 65.4 Å². The van der Waals surface area contributed by atoms with Gasteiger partial charge in [-0.1, -0.05) is 65.7 Å². The summed E-state index contributed by atoms with van der Waals surface area (Å²) in [6.07, 6.45) is 2.77. The standard InChI is InChI=1S/C33H32Cl2N4O5/c1-43-29-11-19(9-18-10-20(12-26(18)29)36-14-30(41)42)22-5-3-6-23(31(22)34)24-7-4-8-25(32(24)35)27-13-37-28(33(38-27)44-2)17-39-15-21(40)16-39/h3-9,11,13,20-21,36,40H,10,12,14-17H2,1-2H3,(H,41,42)/t20-/m0/s1. The summed E-state index contributed by atoms with van der Waals surface area (Å²) >= 11 is 14.1. The van der Waals surface area contributed by atoms with Gasteiger partial charge in [0.1, 0.15) is 11.4 Å². The monoisotopic (exact) mass is 634 g/mol. The fourth-order valence-electron chi connectivity index (χ4n) is 6.00. The van der Waals surface area contributed by atoms with Crippen molar-refractivity contribution in [2.24, 2.45) is 0 Å². The Kier molecular flexibility index (Phi) is 8.75. The summed E-state index contributed by atoms with van der Waals surface area (Å²) in [7, 11) is 3.20. The maximum Gasteiger partial charge on any atom is 0.317 e. The van der Waals surface area contributed by atoms with E-state index in [4.69, 9.17) is 42.8 Å². The van der Waals surface area contributed by atoms with Crippen LogP contribution in [0.25, 0.3) is 33.5 Å². The Morgan fingerprint density at radius 1 is 1.00 bits per heavy atom. The number of likely N-dealkylation sites (tertiary alicyclic amines) is 1. The number of rotatable bonds is 10. The van der Waals surface area contributed by atoms with Crippen molar-refractivity contribution in [3.63, 3.8) is 0 Å². The number of ether oxygens (including phenoxy) is 2. The molecular weight excluding hydrogens is 603 g/mol. The Balaban J connectivity index is 1.32. The number of carboxylic acids is 1. The number of methoxy groups -OCH3 is 2. The van der Waals surface area contributed by atoms with E-state index in [0.717, 1.165) is 39.1 Å². The highest BCUT2D eigenvalue weighted by Crippen LogP contribution is 2.44. The van der Waals surface area contributed by atoms with Crippen molar-refractivity contribution in [2.75, 3.05) is 33.9 Å². The normalized spacial score (nSPS) is 16.4. The average Bonchev–Trinajstić information content (AvgIpc) is 3.42. The molecule has 1 aliphatic heterocycles. The highest BCUT2D eigenvalue weighted by molar-refractivity contribution is 6.39. The molecule has 11 heteroatoms. The Hall–Kier alpha value is -3.73. The lowest BCUT2D eigenvalue weighted by Crippen LogP contribution is -2.50. The van der Waals surface area contributed by atoms with Gasteiger partial charge in [-0.05, 0) is 35.6 Å². The molecule has 2 heterocycles. The van der Waals surface area contributed by atoms with Crippen LogP contribution in [0.4, 0.5) is 0 Å². The molecule has 0 radical (unpaired) electrons. The van der Waals surface area contributed by atoms with Crippen LogP contribution in [0, 0.1) is 0 Å².